The summed E-state index contributed by atoms with van der Waals surface area (Å²) in [6.45, 7) is -0.668. The number of nitrogens with one attached hydrogen (secondary N) is 1. The lowest BCUT2D eigenvalue weighted by molar-refractivity contribution is -0.198. The number of pyridine rings is 1. The third-order valence-electron chi connectivity index (χ3n) is 1.75. The molecule has 0 aromatic carbocycles. The molecule has 1 aromatic heterocycles. The van der Waals surface area contributed by atoms with Gasteiger partial charge in [0.05, 0.1) is 0 Å². The van der Waals surface area contributed by atoms with E-state index in [2.05, 4.69) is 10.3 Å². The van der Waals surface area contributed by atoms with Crippen molar-refractivity contribution >= 4 is 5.69 Å². The number of aromatic nitrogens is 1. The van der Waals surface area contributed by atoms with Crippen LogP contribution >= 0.6 is 0 Å². The van der Waals surface area contributed by atoms with Crippen molar-refractivity contribution in [3.05, 3.63) is 24.0 Å². The first-order chi connectivity index (χ1) is 7.43. The third-order valence-corrected chi connectivity index (χ3v) is 1.75. The van der Waals surface area contributed by atoms with Crippen LogP contribution in [-0.2, 0) is 0 Å². The molecular weight excluding hydrogens is 223 g/mol. The van der Waals surface area contributed by atoms with E-state index in [1.807, 2.05) is 0 Å². The van der Waals surface area contributed by atoms with Crippen molar-refractivity contribution in [2.45, 2.75) is 12.3 Å². The average Bonchev–Trinajstić information content (AvgIpc) is 2.25. The van der Waals surface area contributed by atoms with Gasteiger partial charge in [0, 0.05) is 18.4 Å². The smallest absolute Gasteiger partial charge is 0.382 e. The van der Waals surface area contributed by atoms with Gasteiger partial charge in [0.2, 0.25) is 0 Å². The van der Waals surface area contributed by atoms with Gasteiger partial charge in [-0.1, -0.05) is 0 Å². The monoisotopic (exact) mass is 231 g/mol. The molecule has 86 valence electrons. The highest BCUT2D eigenvalue weighted by atomic mass is 19.4. The van der Waals surface area contributed by atoms with Crippen LogP contribution in [0.4, 0.5) is 18.9 Å². The van der Waals surface area contributed by atoms with Crippen LogP contribution in [0, 0.1) is 11.3 Å². The zero-order chi connectivity index (χ0) is 12.2. The number of anilines is 1. The van der Waals surface area contributed by atoms with Crippen molar-refractivity contribution in [2.75, 3.05) is 11.9 Å². The van der Waals surface area contributed by atoms with Gasteiger partial charge in [-0.15, -0.1) is 0 Å². The Balaban J connectivity index is 2.59. The number of halogens is 3. The fraction of sp³-hybridized carbons (Fsp3) is 0.333. The van der Waals surface area contributed by atoms with Crippen LogP contribution in [0.5, 0.6) is 0 Å². The highest BCUT2D eigenvalue weighted by Gasteiger charge is 2.37. The summed E-state index contributed by atoms with van der Waals surface area (Å²) in [5, 5.41) is 19.6. The van der Waals surface area contributed by atoms with Gasteiger partial charge >= 0.3 is 6.18 Å². The molecule has 0 aliphatic rings. The molecule has 0 saturated carbocycles. The highest BCUT2D eigenvalue weighted by Crippen LogP contribution is 2.20. The Morgan fingerprint density at radius 2 is 2.25 bits per heavy atom. The summed E-state index contributed by atoms with van der Waals surface area (Å²) in [7, 11) is 0. The molecule has 0 bridgehead atoms. The quantitative estimate of drug-likeness (QED) is 0.822. The van der Waals surface area contributed by atoms with Crippen molar-refractivity contribution < 1.29 is 18.3 Å². The molecule has 4 nitrogen and oxygen atoms in total. The van der Waals surface area contributed by atoms with Gasteiger partial charge in [0.25, 0.3) is 0 Å². The molecule has 1 heterocycles. The number of nitrogens with zero attached hydrogens (tertiary/aromatic N) is 2. The van der Waals surface area contributed by atoms with Crippen molar-refractivity contribution in [3.8, 4) is 6.07 Å². The van der Waals surface area contributed by atoms with Crippen LogP contribution < -0.4 is 5.32 Å². The first-order valence-corrected chi connectivity index (χ1v) is 4.28. The Hall–Kier alpha value is -1.81. The van der Waals surface area contributed by atoms with Gasteiger partial charge in [-0.2, -0.15) is 18.4 Å². The zero-order valence-corrected chi connectivity index (χ0v) is 7.99. The molecule has 0 radical (unpaired) electrons. The number of alkyl halides is 3. The number of rotatable bonds is 3. The summed E-state index contributed by atoms with van der Waals surface area (Å²) in [5.41, 5.74) is 0.390. The predicted molar refractivity (Wildman–Crippen MR) is 49.5 cm³/mol. The molecule has 7 heteroatoms. The molecule has 0 aliphatic heterocycles. The molecule has 0 amide bonds. The second-order valence-corrected chi connectivity index (χ2v) is 2.98. The number of hydrogen-bond donors (Lipinski definition) is 2. The van der Waals surface area contributed by atoms with E-state index in [1.165, 1.54) is 18.3 Å². The first kappa shape index (κ1) is 12.3. The zero-order valence-electron chi connectivity index (χ0n) is 7.99. The minimum atomic E-state index is -4.65. The minimum Gasteiger partial charge on any atom is -0.382 e. The van der Waals surface area contributed by atoms with E-state index in [1.54, 1.807) is 6.07 Å². The van der Waals surface area contributed by atoms with Crippen LogP contribution in [0.1, 0.15) is 5.69 Å². The Kier molecular flexibility index (Phi) is 3.68. The van der Waals surface area contributed by atoms with Crippen molar-refractivity contribution in [3.63, 3.8) is 0 Å². The van der Waals surface area contributed by atoms with Gasteiger partial charge in [-0.05, 0) is 12.1 Å². The molecule has 1 unspecified atom stereocenters. The van der Waals surface area contributed by atoms with E-state index in [0.29, 0.717) is 5.69 Å². The Bertz CT molecular complexity index is 400. The van der Waals surface area contributed by atoms with E-state index in [4.69, 9.17) is 10.4 Å². The van der Waals surface area contributed by atoms with E-state index >= 15 is 0 Å². The number of nitriles is 1. The van der Waals surface area contributed by atoms with Crippen LogP contribution in [0.2, 0.25) is 0 Å². The molecule has 1 atom stereocenters. The molecule has 16 heavy (non-hydrogen) atoms. The molecule has 0 fully saturated rings. The average molecular weight is 231 g/mol. The number of aliphatic hydroxyl groups excluding tert-OH is 1. The molecule has 0 spiro atoms. The lowest BCUT2D eigenvalue weighted by Gasteiger charge is -2.15. The molecule has 1 aromatic rings. The van der Waals surface area contributed by atoms with Crippen LogP contribution in [0.3, 0.4) is 0 Å². The first-order valence-electron chi connectivity index (χ1n) is 4.28. The summed E-state index contributed by atoms with van der Waals surface area (Å²) < 4.78 is 35.8. The highest BCUT2D eigenvalue weighted by molar-refractivity contribution is 5.45. The number of aliphatic hydroxyl groups is 1. The molecule has 2 N–H and O–H groups in total. The standard InChI is InChI=1S/C9H8F3N3O/c10-9(11,12)8(16)5-15-6-1-2-14-7(3-6)4-13/h1-3,8,16H,5H2,(H,14,15). The summed E-state index contributed by atoms with van der Waals surface area (Å²) in [6, 6.07) is 4.45. The van der Waals surface area contributed by atoms with E-state index in [9.17, 15) is 13.2 Å². The normalized spacial score (nSPS) is 12.9. The van der Waals surface area contributed by atoms with Gasteiger partial charge in [-0.25, -0.2) is 4.98 Å². The summed E-state index contributed by atoms with van der Waals surface area (Å²) in [5.74, 6) is 0. The largest absolute Gasteiger partial charge is 0.416 e. The summed E-state index contributed by atoms with van der Waals surface area (Å²) >= 11 is 0. The Labute approximate surface area is 89.3 Å². The molecular formula is C9H8F3N3O. The van der Waals surface area contributed by atoms with Crippen molar-refractivity contribution in [1.29, 1.82) is 5.26 Å². The van der Waals surface area contributed by atoms with Gasteiger partial charge in [-0.3, -0.25) is 0 Å². The maximum atomic E-state index is 11.9. The molecule has 1 rings (SSSR count). The van der Waals surface area contributed by atoms with E-state index < -0.39 is 18.8 Å². The Morgan fingerprint density at radius 3 is 2.81 bits per heavy atom. The summed E-state index contributed by atoms with van der Waals surface area (Å²) in [4.78, 5) is 3.65. The van der Waals surface area contributed by atoms with Crippen molar-refractivity contribution in [1.82, 2.24) is 4.98 Å². The third kappa shape index (κ3) is 3.40. The van der Waals surface area contributed by atoms with Gasteiger partial charge < -0.3 is 10.4 Å². The van der Waals surface area contributed by atoms with E-state index in [0.717, 1.165) is 0 Å². The van der Waals surface area contributed by atoms with Crippen LogP contribution in [0.25, 0.3) is 0 Å². The Morgan fingerprint density at radius 1 is 1.56 bits per heavy atom. The van der Waals surface area contributed by atoms with Gasteiger partial charge in [0.15, 0.2) is 6.10 Å². The summed E-state index contributed by atoms with van der Waals surface area (Å²) in [6.07, 6.45) is -5.80. The second-order valence-electron chi connectivity index (χ2n) is 2.98. The lowest BCUT2D eigenvalue weighted by Crippen LogP contribution is -2.35. The minimum absolute atomic E-state index is 0.0894. The number of hydrogen-bond acceptors (Lipinski definition) is 4. The predicted octanol–water partition coefficient (Wildman–Crippen LogP) is 1.29. The lowest BCUT2D eigenvalue weighted by atomic mass is 10.3. The SMILES string of the molecule is N#Cc1cc(NCC(O)C(F)(F)F)ccn1. The van der Waals surface area contributed by atoms with Crippen LogP contribution in [-0.4, -0.2) is 28.9 Å². The molecule has 0 aliphatic carbocycles. The van der Waals surface area contributed by atoms with E-state index in [-0.39, 0.29) is 5.69 Å². The molecule has 0 saturated heterocycles. The van der Waals surface area contributed by atoms with Gasteiger partial charge in [0.1, 0.15) is 11.8 Å². The van der Waals surface area contributed by atoms with Crippen LogP contribution in [0.15, 0.2) is 18.3 Å². The fourth-order valence-corrected chi connectivity index (χ4v) is 0.932. The van der Waals surface area contributed by atoms with Crippen molar-refractivity contribution in [2.24, 2.45) is 0 Å². The topological polar surface area (TPSA) is 68.9 Å². The fourth-order valence-electron chi connectivity index (χ4n) is 0.932. The maximum Gasteiger partial charge on any atom is 0.416 e. The second kappa shape index (κ2) is 4.81. The maximum absolute atomic E-state index is 11.9.